The summed E-state index contributed by atoms with van der Waals surface area (Å²) in [5.41, 5.74) is 4.46. The van der Waals surface area contributed by atoms with E-state index in [2.05, 4.69) is 10.5 Å². The van der Waals surface area contributed by atoms with Crippen LogP contribution in [0.5, 0.6) is 5.75 Å². The number of carbonyl (C=O) groups excluding carboxylic acids is 2. The number of hydrogen-bond donors (Lipinski definition) is 1. The molecule has 0 aliphatic carbocycles. The molecule has 0 aromatic heterocycles. The van der Waals surface area contributed by atoms with Crippen LogP contribution in [0.1, 0.15) is 18.1 Å². The van der Waals surface area contributed by atoms with E-state index in [-0.39, 0.29) is 11.9 Å². The van der Waals surface area contributed by atoms with Gasteiger partial charge in [-0.05, 0) is 48.9 Å². The number of nitrogens with one attached hydrogen (secondary N) is 1. The van der Waals surface area contributed by atoms with E-state index in [9.17, 15) is 9.59 Å². The predicted octanol–water partition coefficient (Wildman–Crippen LogP) is 3.16. The molecule has 1 N–H and O–H groups in total. The molecule has 5 nitrogen and oxygen atoms in total. The fourth-order valence-corrected chi connectivity index (χ4v) is 2.47. The van der Waals surface area contributed by atoms with E-state index in [1.165, 1.54) is 30.5 Å². The molecule has 0 fully saturated rings. The van der Waals surface area contributed by atoms with Crippen molar-refractivity contribution in [1.29, 1.82) is 0 Å². The lowest BCUT2D eigenvalue weighted by Crippen LogP contribution is -2.19. The third-order valence-electron chi connectivity index (χ3n) is 2.94. The lowest BCUT2D eigenvalue weighted by molar-refractivity contribution is -0.131. The highest BCUT2D eigenvalue weighted by Gasteiger charge is 2.01. The fourth-order valence-electron chi connectivity index (χ4n) is 1.78. The molecular formula is C18H18N2O3S. The summed E-state index contributed by atoms with van der Waals surface area (Å²) in [7, 11) is 0. The highest BCUT2D eigenvalue weighted by molar-refractivity contribution is 8.00. The zero-order valence-electron chi connectivity index (χ0n) is 13.5. The maximum atomic E-state index is 11.7. The summed E-state index contributed by atoms with van der Waals surface area (Å²) in [5.74, 6) is 0.229. The number of esters is 1. The van der Waals surface area contributed by atoms with Gasteiger partial charge in [-0.15, -0.1) is 11.8 Å². The van der Waals surface area contributed by atoms with E-state index >= 15 is 0 Å². The number of amides is 1. The molecule has 0 spiro atoms. The number of benzene rings is 2. The van der Waals surface area contributed by atoms with Gasteiger partial charge in [-0.3, -0.25) is 9.59 Å². The van der Waals surface area contributed by atoms with E-state index in [0.29, 0.717) is 11.5 Å². The summed E-state index contributed by atoms with van der Waals surface area (Å²) in [6.07, 6.45) is 1.53. The van der Waals surface area contributed by atoms with Gasteiger partial charge in [0.05, 0.1) is 12.0 Å². The highest BCUT2D eigenvalue weighted by atomic mass is 32.2. The van der Waals surface area contributed by atoms with Gasteiger partial charge in [0.15, 0.2) is 0 Å². The Kier molecular flexibility index (Phi) is 6.57. The number of rotatable bonds is 6. The number of thioether (sulfide) groups is 1. The van der Waals surface area contributed by atoms with E-state index in [4.69, 9.17) is 4.74 Å². The zero-order valence-corrected chi connectivity index (χ0v) is 14.3. The molecule has 0 aliphatic rings. The lowest BCUT2D eigenvalue weighted by Gasteiger charge is -2.02. The van der Waals surface area contributed by atoms with Crippen LogP contribution < -0.4 is 10.2 Å². The molecule has 0 unspecified atom stereocenters. The minimum Gasteiger partial charge on any atom is -0.427 e. The number of hydrogen-bond acceptors (Lipinski definition) is 5. The first-order valence-corrected chi connectivity index (χ1v) is 8.31. The van der Waals surface area contributed by atoms with Crippen LogP contribution in [0.15, 0.2) is 58.5 Å². The van der Waals surface area contributed by atoms with Crippen molar-refractivity contribution in [2.24, 2.45) is 5.10 Å². The summed E-state index contributed by atoms with van der Waals surface area (Å²) in [6.45, 7) is 3.37. The third-order valence-corrected chi connectivity index (χ3v) is 3.95. The minimum absolute atomic E-state index is 0.173. The summed E-state index contributed by atoms with van der Waals surface area (Å²) in [4.78, 5) is 23.6. The van der Waals surface area contributed by atoms with Crippen molar-refractivity contribution >= 4 is 29.9 Å². The molecule has 0 atom stereocenters. The summed E-state index contributed by atoms with van der Waals surface area (Å²) in [5, 5.41) is 3.91. The Balaban J connectivity index is 1.77. The van der Waals surface area contributed by atoms with Crippen molar-refractivity contribution in [2.45, 2.75) is 18.7 Å². The van der Waals surface area contributed by atoms with Gasteiger partial charge >= 0.3 is 5.97 Å². The van der Waals surface area contributed by atoms with Gasteiger partial charge < -0.3 is 4.74 Å². The van der Waals surface area contributed by atoms with E-state index < -0.39 is 0 Å². The third kappa shape index (κ3) is 6.26. The van der Waals surface area contributed by atoms with E-state index in [1.807, 2.05) is 31.2 Å². The standard InChI is InChI=1S/C18H18N2O3S/c1-13-3-9-17(10-4-13)24-12-18(22)20-19-11-15-5-7-16(8-6-15)23-14(2)21/h3-11H,12H2,1-2H3,(H,20,22)/b19-11-. The maximum Gasteiger partial charge on any atom is 0.308 e. The van der Waals surface area contributed by atoms with Gasteiger partial charge in [-0.2, -0.15) is 5.10 Å². The van der Waals surface area contributed by atoms with Gasteiger partial charge in [0.2, 0.25) is 5.91 Å². The van der Waals surface area contributed by atoms with Crippen molar-refractivity contribution in [3.63, 3.8) is 0 Å². The smallest absolute Gasteiger partial charge is 0.308 e. The number of ether oxygens (including phenoxy) is 1. The van der Waals surface area contributed by atoms with Crippen molar-refractivity contribution < 1.29 is 14.3 Å². The average Bonchev–Trinajstić information content (AvgIpc) is 2.55. The Morgan fingerprint density at radius 1 is 1.12 bits per heavy atom. The first-order chi connectivity index (χ1) is 11.5. The minimum atomic E-state index is -0.366. The number of carbonyl (C=O) groups is 2. The van der Waals surface area contributed by atoms with Gasteiger partial charge in [-0.1, -0.05) is 17.7 Å². The summed E-state index contributed by atoms with van der Waals surface area (Å²) < 4.78 is 4.94. The molecular weight excluding hydrogens is 324 g/mol. The van der Waals surface area contributed by atoms with Crippen molar-refractivity contribution in [1.82, 2.24) is 5.43 Å². The Morgan fingerprint density at radius 2 is 1.79 bits per heavy atom. The monoisotopic (exact) mass is 342 g/mol. The first-order valence-electron chi connectivity index (χ1n) is 7.33. The van der Waals surface area contributed by atoms with Gasteiger partial charge in [0.25, 0.3) is 0 Å². The highest BCUT2D eigenvalue weighted by Crippen LogP contribution is 2.17. The lowest BCUT2D eigenvalue weighted by atomic mass is 10.2. The Morgan fingerprint density at radius 3 is 2.42 bits per heavy atom. The first kappa shape index (κ1) is 17.7. The van der Waals surface area contributed by atoms with Crippen LogP contribution in [0.3, 0.4) is 0 Å². The second kappa shape index (κ2) is 8.88. The topological polar surface area (TPSA) is 67.8 Å². The Labute approximate surface area is 145 Å². The van der Waals surface area contributed by atoms with Crippen molar-refractivity contribution in [3.05, 3.63) is 59.7 Å². The van der Waals surface area contributed by atoms with E-state index in [0.717, 1.165) is 10.5 Å². The second-order valence-corrected chi connectivity index (χ2v) is 6.11. The Bertz CT molecular complexity index is 725. The van der Waals surface area contributed by atoms with E-state index in [1.54, 1.807) is 24.3 Å². The average molecular weight is 342 g/mol. The normalized spacial score (nSPS) is 10.6. The van der Waals surface area contributed by atoms with Crippen LogP contribution in [-0.2, 0) is 9.59 Å². The molecule has 1 amide bonds. The molecule has 0 saturated carbocycles. The quantitative estimate of drug-likeness (QED) is 0.288. The maximum absolute atomic E-state index is 11.7. The molecule has 0 aliphatic heterocycles. The molecule has 24 heavy (non-hydrogen) atoms. The fraction of sp³-hybridized carbons (Fsp3) is 0.167. The van der Waals surface area contributed by atoms with Crippen LogP contribution in [-0.4, -0.2) is 23.8 Å². The molecule has 0 saturated heterocycles. The second-order valence-electron chi connectivity index (χ2n) is 5.06. The van der Waals surface area contributed by atoms with Gasteiger partial charge in [-0.25, -0.2) is 5.43 Å². The largest absolute Gasteiger partial charge is 0.427 e. The van der Waals surface area contributed by atoms with Crippen LogP contribution in [0.4, 0.5) is 0 Å². The molecule has 2 aromatic rings. The number of nitrogens with zero attached hydrogens (tertiary/aromatic N) is 1. The summed E-state index contributed by atoms with van der Waals surface area (Å²) >= 11 is 1.46. The summed E-state index contributed by atoms with van der Waals surface area (Å²) in [6, 6.07) is 14.8. The SMILES string of the molecule is CC(=O)Oc1ccc(/C=N\NC(=O)CSc2ccc(C)cc2)cc1. The van der Waals surface area contributed by atoms with Crippen molar-refractivity contribution in [2.75, 3.05) is 5.75 Å². The zero-order chi connectivity index (χ0) is 17.4. The van der Waals surface area contributed by atoms with Crippen LogP contribution in [0.2, 0.25) is 0 Å². The number of hydrazone groups is 1. The van der Waals surface area contributed by atoms with Crippen molar-refractivity contribution in [3.8, 4) is 5.75 Å². The molecule has 0 radical (unpaired) electrons. The predicted molar refractivity (Wildman–Crippen MR) is 95.4 cm³/mol. The number of aryl methyl sites for hydroxylation is 1. The molecule has 124 valence electrons. The van der Waals surface area contributed by atoms with Crippen LogP contribution >= 0.6 is 11.8 Å². The molecule has 2 rings (SSSR count). The Hall–Kier alpha value is -2.60. The molecule has 0 heterocycles. The van der Waals surface area contributed by atoms with Gasteiger partial charge in [0.1, 0.15) is 5.75 Å². The van der Waals surface area contributed by atoms with Gasteiger partial charge in [0, 0.05) is 11.8 Å². The molecule has 6 heteroatoms. The molecule has 0 bridgehead atoms. The molecule has 2 aromatic carbocycles. The van der Waals surface area contributed by atoms with Crippen LogP contribution in [0, 0.1) is 6.92 Å². The van der Waals surface area contributed by atoms with Crippen LogP contribution in [0.25, 0.3) is 0 Å².